The van der Waals surface area contributed by atoms with Crippen molar-refractivity contribution >= 4 is 12.4 Å². The van der Waals surface area contributed by atoms with E-state index in [1.165, 1.54) is 0 Å². The Bertz CT molecular complexity index is 348. The molecule has 0 saturated heterocycles. The van der Waals surface area contributed by atoms with E-state index < -0.39 is 24.7 Å². The molecule has 0 atom stereocenters. The first-order valence-corrected chi connectivity index (χ1v) is 3.60. The molecule has 0 fully saturated rings. The fraction of sp³-hybridized carbons (Fsp3) is 0.167. The molecule has 0 N–H and O–H groups in total. The highest BCUT2D eigenvalue weighted by molar-refractivity contribution is 6.73. The summed E-state index contributed by atoms with van der Waals surface area (Å²) in [6.45, 7) is -5.36. The zero-order chi connectivity index (χ0) is 11.7. The Labute approximate surface area is 79.9 Å². The van der Waals surface area contributed by atoms with Crippen molar-refractivity contribution in [1.82, 2.24) is 4.98 Å². The minimum atomic E-state index is -5.36. The number of rotatable bonds is 2. The standard InChI is InChI=1S/C6H3BF6NO/c8-6(9,10)15-5-3-4(1-2-14-5)7(11,12)13/h1-3H/q-1. The van der Waals surface area contributed by atoms with E-state index in [1.807, 2.05) is 0 Å². The van der Waals surface area contributed by atoms with Gasteiger partial charge in [-0.15, -0.1) is 18.6 Å². The van der Waals surface area contributed by atoms with Gasteiger partial charge in [-0.2, -0.15) is 0 Å². The van der Waals surface area contributed by atoms with Crippen molar-refractivity contribution in [1.29, 1.82) is 0 Å². The second-order valence-corrected chi connectivity index (χ2v) is 2.55. The summed E-state index contributed by atoms with van der Waals surface area (Å²) in [4.78, 5) is 3.01. The van der Waals surface area contributed by atoms with Gasteiger partial charge in [0.05, 0.1) is 0 Å². The Morgan fingerprint density at radius 1 is 1.20 bits per heavy atom. The highest BCUT2D eigenvalue weighted by atomic mass is 19.4. The number of hydrogen-bond acceptors (Lipinski definition) is 2. The molecule has 0 aliphatic heterocycles. The molecule has 0 aromatic carbocycles. The number of ether oxygens (including phenoxy) is 1. The van der Waals surface area contributed by atoms with Crippen LogP contribution in [0.2, 0.25) is 0 Å². The number of aromatic nitrogens is 1. The number of hydrogen-bond donors (Lipinski definition) is 0. The molecule has 1 aromatic rings. The van der Waals surface area contributed by atoms with Crippen molar-refractivity contribution in [3.63, 3.8) is 0 Å². The molecule has 0 aliphatic carbocycles. The van der Waals surface area contributed by atoms with Crippen LogP contribution < -0.4 is 10.2 Å². The third-order valence-electron chi connectivity index (χ3n) is 1.36. The number of halogens is 6. The quantitative estimate of drug-likeness (QED) is 0.572. The van der Waals surface area contributed by atoms with Crippen molar-refractivity contribution in [3.8, 4) is 5.88 Å². The van der Waals surface area contributed by atoms with Crippen molar-refractivity contribution in [3.05, 3.63) is 18.3 Å². The zero-order valence-electron chi connectivity index (χ0n) is 6.93. The van der Waals surface area contributed by atoms with Crippen LogP contribution in [0.1, 0.15) is 0 Å². The Morgan fingerprint density at radius 2 is 1.80 bits per heavy atom. The van der Waals surface area contributed by atoms with E-state index in [1.54, 1.807) is 0 Å². The van der Waals surface area contributed by atoms with E-state index in [4.69, 9.17) is 0 Å². The average molecular weight is 230 g/mol. The normalized spacial score (nSPS) is 12.7. The summed E-state index contributed by atoms with van der Waals surface area (Å²) in [7, 11) is 0. The second-order valence-electron chi connectivity index (χ2n) is 2.55. The SMILES string of the molecule is F[B-](F)(F)c1ccnc(OC(F)(F)F)c1. The fourth-order valence-electron chi connectivity index (χ4n) is 0.803. The number of pyridine rings is 1. The third-order valence-corrected chi connectivity index (χ3v) is 1.36. The van der Waals surface area contributed by atoms with Gasteiger partial charge < -0.3 is 17.7 Å². The molecule has 0 aliphatic rings. The summed E-state index contributed by atoms with van der Waals surface area (Å²) in [6.07, 6.45) is -4.45. The Kier molecular flexibility index (Phi) is 2.82. The molecule has 0 radical (unpaired) electrons. The van der Waals surface area contributed by atoms with E-state index in [9.17, 15) is 26.1 Å². The van der Waals surface area contributed by atoms with Gasteiger partial charge in [-0.25, -0.2) is 4.98 Å². The molecule has 0 amide bonds. The molecule has 0 unspecified atom stereocenters. The Morgan fingerprint density at radius 3 is 2.27 bits per heavy atom. The van der Waals surface area contributed by atoms with Gasteiger partial charge in [-0.1, -0.05) is 6.07 Å². The summed E-state index contributed by atoms with van der Waals surface area (Å²) in [5, 5.41) is 0. The summed E-state index contributed by atoms with van der Waals surface area (Å²) >= 11 is 0. The fourth-order valence-corrected chi connectivity index (χ4v) is 0.803. The number of alkyl halides is 3. The van der Waals surface area contributed by atoms with Crippen LogP contribution in [-0.2, 0) is 0 Å². The molecular weight excluding hydrogens is 227 g/mol. The predicted molar refractivity (Wildman–Crippen MR) is 39.6 cm³/mol. The van der Waals surface area contributed by atoms with Gasteiger partial charge in [0.25, 0.3) is 0 Å². The van der Waals surface area contributed by atoms with Crippen LogP contribution in [-0.4, -0.2) is 18.3 Å². The van der Waals surface area contributed by atoms with Gasteiger partial charge >= 0.3 is 13.3 Å². The largest absolute Gasteiger partial charge is 0.574 e. The smallest absolute Gasteiger partial charge is 0.445 e. The van der Waals surface area contributed by atoms with Crippen LogP contribution >= 0.6 is 0 Å². The van der Waals surface area contributed by atoms with Crippen LogP contribution in [0.5, 0.6) is 5.88 Å². The van der Waals surface area contributed by atoms with Gasteiger partial charge in [0.15, 0.2) is 0 Å². The highest BCUT2D eigenvalue weighted by Gasteiger charge is 2.33. The molecule has 15 heavy (non-hydrogen) atoms. The minimum absolute atomic E-state index is 0.202. The third kappa shape index (κ3) is 3.68. The average Bonchev–Trinajstić information content (AvgIpc) is 1.99. The lowest BCUT2D eigenvalue weighted by atomic mass is 9.81. The van der Waals surface area contributed by atoms with Gasteiger partial charge in [-0.3, -0.25) is 0 Å². The molecule has 2 nitrogen and oxygen atoms in total. The van der Waals surface area contributed by atoms with E-state index in [0.717, 1.165) is 0 Å². The summed E-state index contributed by atoms with van der Waals surface area (Å²) in [5.41, 5.74) is -1.19. The molecular formula is C6H3BF6NO-. The Balaban J connectivity index is 2.94. The maximum absolute atomic E-state index is 12.1. The Hall–Kier alpha value is -1.41. The maximum atomic E-state index is 12.1. The molecule has 1 rings (SSSR count). The molecule has 1 heterocycles. The molecule has 0 bridgehead atoms. The lowest BCUT2D eigenvalue weighted by Gasteiger charge is -2.15. The zero-order valence-corrected chi connectivity index (χ0v) is 6.93. The second kappa shape index (κ2) is 3.63. The minimum Gasteiger partial charge on any atom is -0.445 e. The van der Waals surface area contributed by atoms with Gasteiger partial charge in [0.1, 0.15) is 0 Å². The first kappa shape index (κ1) is 11.7. The monoisotopic (exact) mass is 230 g/mol. The number of nitrogens with zero attached hydrogens (tertiary/aromatic N) is 1. The lowest BCUT2D eigenvalue weighted by molar-refractivity contribution is -0.276. The lowest BCUT2D eigenvalue weighted by Crippen LogP contribution is -2.34. The van der Waals surface area contributed by atoms with E-state index in [-0.39, 0.29) is 6.07 Å². The molecule has 84 valence electrons. The van der Waals surface area contributed by atoms with Crippen LogP contribution in [0.15, 0.2) is 18.3 Å². The van der Waals surface area contributed by atoms with Gasteiger partial charge in [0.2, 0.25) is 5.88 Å². The van der Waals surface area contributed by atoms with Crippen LogP contribution in [0.25, 0.3) is 0 Å². The molecule has 1 aromatic heterocycles. The summed E-state index contributed by atoms with van der Waals surface area (Å²) in [6, 6.07) is 0.775. The summed E-state index contributed by atoms with van der Waals surface area (Å²) < 4.78 is 74.4. The van der Waals surface area contributed by atoms with E-state index in [2.05, 4.69) is 9.72 Å². The van der Waals surface area contributed by atoms with Crippen LogP contribution in [0, 0.1) is 0 Å². The van der Waals surface area contributed by atoms with Gasteiger partial charge in [-0.05, 0) is 6.07 Å². The van der Waals surface area contributed by atoms with Crippen molar-refractivity contribution < 1.29 is 30.9 Å². The van der Waals surface area contributed by atoms with Crippen molar-refractivity contribution in [2.75, 3.05) is 0 Å². The summed E-state index contributed by atoms with van der Waals surface area (Å²) in [5.74, 6) is -1.13. The van der Waals surface area contributed by atoms with Crippen LogP contribution in [0.3, 0.4) is 0 Å². The van der Waals surface area contributed by atoms with E-state index in [0.29, 0.717) is 12.3 Å². The molecule has 0 spiro atoms. The van der Waals surface area contributed by atoms with Gasteiger partial charge in [0, 0.05) is 6.20 Å². The van der Waals surface area contributed by atoms with Crippen LogP contribution in [0.4, 0.5) is 26.1 Å². The first-order chi connectivity index (χ1) is 6.68. The van der Waals surface area contributed by atoms with Crippen molar-refractivity contribution in [2.45, 2.75) is 6.36 Å². The first-order valence-electron chi connectivity index (χ1n) is 3.60. The van der Waals surface area contributed by atoms with E-state index >= 15 is 0 Å². The van der Waals surface area contributed by atoms with Crippen molar-refractivity contribution in [2.24, 2.45) is 0 Å². The maximum Gasteiger partial charge on any atom is 0.574 e. The predicted octanol–water partition coefficient (Wildman–Crippen LogP) is 2.03. The molecule has 9 heteroatoms. The molecule has 0 saturated carbocycles. The highest BCUT2D eigenvalue weighted by Crippen LogP contribution is 2.20. The topological polar surface area (TPSA) is 22.1 Å².